The standard InChI is InChI=1S/C20H30N2O3S/c1-16-7-11-21(12-8-16)20(23)18-9-13-22(14-10-18)26(24,25)15-19-6-4-3-5-17(19)2/h3-6,16,18H,7-15H2,1-2H3. The van der Waals surface area contributed by atoms with Crippen LogP contribution in [0, 0.1) is 18.8 Å². The van der Waals surface area contributed by atoms with E-state index in [2.05, 4.69) is 6.92 Å². The zero-order valence-corrected chi connectivity index (χ0v) is 16.7. The van der Waals surface area contributed by atoms with Crippen LogP contribution in [0.5, 0.6) is 0 Å². The van der Waals surface area contributed by atoms with Crippen LogP contribution in [0.15, 0.2) is 24.3 Å². The normalized spacial score (nSPS) is 21.1. The van der Waals surface area contributed by atoms with Gasteiger partial charge in [0.15, 0.2) is 0 Å². The van der Waals surface area contributed by atoms with E-state index in [1.54, 1.807) is 4.31 Å². The SMILES string of the molecule is Cc1ccccc1CS(=O)(=O)N1CCC(C(=O)N2CCC(C)CC2)CC1. The molecule has 1 aromatic carbocycles. The van der Waals surface area contributed by atoms with Gasteiger partial charge in [-0.05, 0) is 49.7 Å². The third-order valence-electron chi connectivity index (χ3n) is 5.89. The van der Waals surface area contributed by atoms with E-state index in [1.165, 1.54) is 0 Å². The molecule has 0 saturated carbocycles. The first-order valence-corrected chi connectivity index (χ1v) is 11.3. The van der Waals surface area contributed by atoms with Crippen LogP contribution in [0.1, 0.15) is 43.7 Å². The van der Waals surface area contributed by atoms with Gasteiger partial charge in [0.2, 0.25) is 15.9 Å². The van der Waals surface area contributed by atoms with Crippen LogP contribution in [0.25, 0.3) is 0 Å². The zero-order valence-electron chi connectivity index (χ0n) is 15.9. The van der Waals surface area contributed by atoms with Crippen LogP contribution in [0.2, 0.25) is 0 Å². The molecule has 5 nitrogen and oxygen atoms in total. The van der Waals surface area contributed by atoms with E-state index in [-0.39, 0.29) is 17.6 Å². The maximum Gasteiger partial charge on any atom is 0.225 e. The third-order valence-corrected chi connectivity index (χ3v) is 7.72. The molecule has 2 heterocycles. The van der Waals surface area contributed by atoms with Crippen molar-refractivity contribution in [2.45, 2.75) is 45.3 Å². The number of benzene rings is 1. The van der Waals surface area contributed by atoms with Gasteiger partial charge >= 0.3 is 0 Å². The smallest absolute Gasteiger partial charge is 0.225 e. The lowest BCUT2D eigenvalue weighted by Crippen LogP contribution is -2.46. The maximum absolute atomic E-state index is 12.8. The average Bonchev–Trinajstić information content (AvgIpc) is 2.64. The van der Waals surface area contributed by atoms with Crippen LogP contribution >= 0.6 is 0 Å². The van der Waals surface area contributed by atoms with Gasteiger partial charge in [0.05, 0.1) is 5.75 Å². The first kappa shape index (κ1) is 19.4. The van der Waals surface area contributed by atoms with Crippen molar-refractivity contribution in [1.29, 1.82) is 0 Å². The van der Waals surface area contributed by atoms with Crippen molar-refractivity contribution in [3.63, 3.8) is 0 Å². The van der Waals surface area contributed by atoms with Gasteiger partial charge < -0.3 is 4.90 Å². The second kappa shape index (κ2) is 8.09. The topological polar surface area (TPSA) is 57.7 Å². The van der Waals surface area contributed by atoms with E-state index in [9.17, 15) is 13.2 Å². The molecule has 2 aliphatic rings. The van der Waals surface area contributed by atoms with Gasteiger partial charge in [-0.2, -0.15) is 0 Å². The molecule has 0 bridgehead atoms. The first-order valence-electron chi connectivity index (χ1n) is 9.68. The summed E-state index contributed by atoms with van der Waals surface area (Å²) in [6.07, 6.45) is 3.43. The molecular formula is C20H30N2O3S. The fraction of sp³-hybridized carbons (Fsp3) is 0.650. The molecule has 0 radical (unpaired) electrons. The Hall–Kier alpha value is -1.40. The Morgan fingerprint density at radius 1 is 1.04 bits per heavy atom. The summed E-state index contributed by atoms with van der Waals surface area (Å²) in [5.74, 6) is 0.955. The van der Waals surface area contributed by atoms with Crippen molar-refractivity contribution < 1.29 is 13.2 Å². The summed E-state index contributed by atoms with van der Waals surface area (Å²) in [6, 6.07) is 7.61. The van der Waals surface area contributed by atoms with E-state index in [4.69, 9.17) is 0 Å². The summed E-state index contributed by atoms with van der Waals surface area (Å²) in [6.45, 7) is 6.79. The number of amides is 1. The Balaban J connectivity index is 1.56. The number of rotatable bonds is 4. The molecule has 1 amide bonds. The van der Waals surface area contributed by atoms with Crippen LogP contribution in [-0.2, 0) is 20.6 Å². The van der Waals surface area contributed by atoms with Gasteiger partial charge in [-0.15, -0.1) is 0 Å². The molecule has 144 valence electrons. The van der Waals surface area contributed by atoms with Gasteiger partial charge in [0.1, 0.15) is 0 Å². The van der Waals surface area contributed by atoms with Gasteiger partial charge in [-0.1, -0.05) is 31.2 Å². The van der Waals surface area contributed by atoms with E-state index >= 15 is 0 Å². The van der Waals surface area contributed by atoms with Crippen molar-refractivity contribution >= 4 is 15.9 Å². The maximum atomic E-state index is 12.8. The predicted molar refractivity (Wildman–Crippen MR) is 103 cm³/mol. The van der Waals surface area contributed by atoms with E-state index < -0.39 is 10.0 Å². The molecular weight excluding hydrogens is 348 g/mol. The molecule has 0 unspecified atom stereocenters. The fourth-order valence-electron chi connectivity index (χ4n) is 3.93. The highest BCUT2D eigenvalue weighted by Gasteiger charge is 2.34. The Labute approximate surface area is 157 Å². The molecule has 0 N–H and O–H groups in total. The Kier molecular flexibility index (Phi) is 6.03. The lowest BCUT2D eigenvalue weighted by molar-refractivity contribution is -0.138. The van der Waals surface area contributed by atoms with Crippen molar-refractivity contribution in [2.24, 2.45) is 11.8 Å². The number of sulfonamides is 1. The molecule has 6 heteroatoms. The molecule has 0 spiro atoms. The molecule has 2 aliphatic heterocycles. The van der Waals surface area contributed by atoms with Crippen LogP contribution in [-0.4, -0.2) is 49.7 Å². The average molecular weight is 379 g/mol. The van der Waals surface area contributed by atoms with Crippen LogP contribution in [0.4, 0.5) is 0 Å². The fourth-order valence-corrected chi connectivity index (χ4v) is 5.59. The summed E-state index contributed by atoms with van der Waals surface area (Å²) in [4.78, 5) is 14.7. The first-order chi connectivity index (χ1) is 12.4. The molecule has 2 fully saturated rings. The summed E-state index contributed by atoms with van der Waals surface area (Å²) in [5, 5.41) is 0. The predicted octanol–water partition coefficient (Wildman–Crippen LogP) is 2.80. The number of hydrogen-bond donors (Lipinski definition) is 0. The minimum atomic E-state index is -3.33. The number of likely N-dealkylation sites (tertiary alicyclic amines) is 1. The quantitative estimate of drug-likeness (QED) is 0.809. The number of hydrogen-bond acceptors (Lipinski definition) is 3. The van der Waals surface area contributed by atoms with E-state index in [0.717, 1.165) is 37.1 Å². The highest BCUT2D eigenvalue weighted by atomic mass is 32.2. The number of carbonyl (C=O) groups is 1. The van der Waals surface area contributed by atoms with Crippen molar-refractivity contribution in [2.75, 3.05) is 26.2 Å². The number of piperidine rings is 2. The molecule has 26 heavy (non-hydrogen) atoms. The highest BCUT2D eigenvalue weighted by Crippen LogP contribution is 2.26. The molecule has 0 aromatic heterocycles. The minimum absolute atomic E-state index is 0.0201. The van der Waals surface area contributed by atoms with Crippen molar-refractivity contribution in [3.8, 4) is 0 Å². The second-order valence-electron chi connectivity index (χ2n) is 7.86. The largest absolute Gasteiger partial charge is 0.342 e. The van der Waals surface area contributed by atoms with Gasteiger partial charge in [-0.3, -0.25) is 4.79 Å². The molecule has 1 aromatic rings. The summed E-state index contributed by atoms with van der Waals surface area (Å²) >= 11 is 0. The third kappa shape index (κ3) is 4.46. The number of nitrogens with zero attached hydrogens (tertiary/aromatic N) is 2. The monoisotopic (exact) mass is 378 g/mol. The summed E-state index contributed by atoms with van der Waals surface area (Å²) in [5.41, 5.74) is 1.86. The van der Waals surface area contributed by atoms with Gasteiger partial charge in [0.25, 0.3) is 0 Å². The molecule has 2 saturated heterocycles. The van der Waals surface area contributed by atoms with Crippen molar-refractivity contribution in [3.05, 3.63) is 35.4 Å². The minimum Gasteiger partial charge on any atom is -0.342 e. The Bertz CT molecular complexity index is 731. The summed E-state index contributed by atoms with van der Waals surface area (Å²) in [7, 11) is -3.33. The second-order valence-corrected chi connectivity index (χ2v) is 9.83. The number of carbonyl (C=O) groups excluding carboxylic acids is 1. The Morgan fingerprint density at radius 2 is 1.65 bits per heavy atom. The van der Waals surface area contributed by atoms with Gasteiger partial charge in [-0.25, -0.2) is 12.7 Å². The number of aryl methyl sites for hydroxylation is 1. The lowest BCUT2D eigenvalue weighted by atomic mass is 9.93. The molecule has 0 atom stereocenters. The Morgan fingerprint density at radius 3 is 2.27 bits per heavy atom. The zero-order chi connectivity index (χ0) is 18.7. The lowest BCUT2D eigenvalue weighted by Gasteiger charge is -2.36. The van der Waals surface area contributed by atoms with Crippen LogP contribution in [0.3, 0.4) is 0 Å². The van der Waals surface area contributed by atoms with Crippen molar-refractivity contribution in [1.82, 2.24) is 9.21 Å². The molecule has 0 aliphatic carbocycles. The summed E-state index contributed by atoms with van der Waals surface area (Å²) < 4.78 is 27.1. The van der Waals surface area contributed by atoms with E-state index in [0.29, 0.717) is 31.8 Å². The van der Waals surface area contributed by atoms with E-state index in [1.807, 2.05) is 36.1 Å². The van der Waals surface area contributed by atoms with Gasteiger partial charge in [0, 0.05) is 32.1 Å². The highest BCUT2D eigenvalue weighted by molar-refractivity contribution is 7.88. The van der Waals surface area contributed by atoms with Crippen LogP contribution < -0.4 is 0 Å². The molecule has 3 rings (SSSR count).